The quantitative estimate of drug-likeness (QED) is 0.783. The zero-order valence-corrected chi connectivity index (χ0v) is 11.8. The number of hydrogen-bond donors (Lipinski definition) is 0. The molecular formula is C18H14N2O. The smallest absolute Gasteiger partial charge is 0.133 e. The van der Waals surface area contributed by atoms with Crippen molar-refractivity contribution in [2.75, 3.05) is 0 Å². The molecule has 0 aliphatic heterocycles. The largest absolute Gasteiger partial charge is 0.457 e. The van der Waals surface area contributed by atoms with Crippen molar-refractivity contribution in [3.05, 3.63) is 71.3 Å². The number of para-hydroxylation sites is 1. The molecule has 0 radical (unpaired) electrons. The normalized spacial score (nSPS) is 9.48. The molecule has 2 rings (SSSR count). The van der Waals surface area contributed by atoms with Gasteiger partial charge in [-0.3, -0.25) is 0 Å². The maximum absolute atomic E-state index is 9.06. The van der Waals surface area contributed by atoms with Crippen LogP contribution in [0.4, 0.5) is 0 Å². The van der Waals surface area contributed by atoms with Crippen molar-refractivity contribution in [1.82, 2.24) is 0 Å². The first-order valence-corrected chi connectivity index (χ1v) is 6.51. The maximum Gasteiger partial charge on any atom is 0.133 e. The number of aryl methyl sites for hydroxylation is 1. The van der Waals surface area contributed by atoms with Gasteiger partial charge in [-0.05, 0) is 42.7 Å². The molecule has 21 heavy (non-hydrogen) atoms. The van der Waals surface area contributed by atoms with Gasteiger partial charge in [0.05, 0.1) is 11.1 Å². The van der Waals surface area contributed by atoms with Crippen molar-refractivity contribution in [3.63, 3.8) is 0 Å². The van der Waals surface area contributed by atoms with Crippen LogP contribution in [0.3, 0.4) is 0 Å². The van der Waals surface area contributed by atoms with E-state index in [1.54, 1.807) is 18.2 Å². The summed E-state index contributed by atoms with van der Waals surface area (Å²) in [6.45, 7) is 5.72. The summed E-state index contributed by atoms with van der Waals surface area (Å²) in [5, 5.41) is 18.0. The predicted molar refractivity (Wildman–Crippen MR) is 81.0 cm³/mol. The Morgan fingerprint density at radius 2 is 1.90 bits per heavy atom. The van der Waals surface area contributed by atoms with Gasteiger partial charge >= 0.3 is 0 Å². The third-order valence-corrected chi connectivity index (χ3v) is 3.11. The molecule has 2 aromatic carbocycles. The fourth-order valence-electron chi connectivity index (χ4n) is 2.07. The Kier molecular flexibility index (Phi) is 4.39. The number of nitrogens with zero attached hydrogens (tertiary/aromatic N) is 2. The van der Waals surface area contributed by atoms with Crippen LogP contribution in [0.1, 0.15) is 22.3 Å². The Balaban J connectivity index is 2.42. The number of rotatable bonds is 4. The molecule has 0 bridgehead atoms. The summed E-state index contributed by atoms with van der Waals surface area (Å²) in [6, 6.07) is 14.8. The van der Waals surface area contributed by atoms with Gasteiger partial charge in [-0.1, -0.05) is 24.3 Å². The Morgan fingerprint density at radius 3 is 2.57 bits per heavy atom. The minimum absolute atomic E-state index is 0.314. The molecule has 0 atom stereocenters. The second-order valence-electron chi connectivity index (χ2n) is 4.59. The Labute approximate surface area is 124 Å². The summed E-state index contributed by atoms with van der Waals surface area (Å²) in [6.07, 6.45) is 2.53. The lowest BCUT2D eigenvalue weighted by molar-refractivity contribution is 0.473. The highest BCUT2D eigenvalue weighted by Gasteiger charge is 2.09. The molecule has 0 saturated heterocycles. The van der Waals surface area contributed by atoms with Gasteiger partial charge in [-0.25, -0.2) is 0 Å². The van der Waals surface area contributed by atoms with Gasteiger partial charge < -0.3 is 4.74 Å². The van der Waals surface area contributed by atoms with Crippen LogP contribution in [0.15, 0.2) is 49.1 Å². The van der Waals surface area contributed by atoms with E-state index in [4.69, 9.17) is 15.3 Å². The summed E-state index contributed by atoms with van der Waals surface area (Å²) in [5.74, 6) is 1.32. The average Bonchev–Trinajstić information content (AvgIpc) is 2.50. The van der Waals surface area contributed by atoms with Crippen molar-refractivity contribution >= 4 is 0 Å². The summed E-state index contributed by atoms with van der Waals surface area (Å²) in [4.78, 5) is 0. The molecule has 0 aromatic heterocycles. The van der Waals surface area contributed by atoms with Crippen LogP contribution in [0.25, 0.3) is 0 Å². The van der Waals surface area contributed by atoms with Crippen LogP contribution in [0, 0.1) is 29.6 Å². The molecular weight excluding hydrogens is 260 g/mol. The zero-order chi connectivity index (χ0) is 15.2. The van der Waals surface area contributed by atoms with Crippen molar-refractivity contribution in [2.45, 2.75) is 13.3 Å². The lowest BCUT2D eigenvalue weighted by Gasteiger charge is -2.13. The SMILES string of the molecule is C=CCc1cccc(C)c1Oc1ccc(C#N)c(C#N)c1. The van der Waals surface area contributed by atoms with Crippen LogP contribution >= 0.6 is 0 Å². The summed E-state index contributed by atoms with van der Waals surface area (Å²) in [5.41, 5.74) is 2.71. The van der Waals surface area contributed by atoms with E-state index >= 15 is 0 Å². The maximum atomic E-state index is 9.06. The van der Waals surface area contributed by atoms with E-state index in [-0.39, 0.29) is 0 Å². The fraction of sp³-hybridized carbons (Fsp3) is 0.111. The standard InChI is InChI=1S/C18H14N2O/c1-3-5-14-7-4-6-13(2)18(14)21-17-9-8-15(11-19)16(10-17)12-20/h3-4,6-10H,1,5H2,2H3. The van der Waals surface area contributed by atoms with E-state index in [2.05, 4.69) is 6.58 Å². The van der Waals surface area contributed by atoms with E-state index in [9.17, 15) is 0 Å². The predicted octanol–water partition coefficient (Wildman–Crippen LogP) is 4.26. The molecule has 0 fully saturated rings. The van der Waals surface area contributed by atoms with Crippen molar-refractivity contribution in [2.24, 2.45) is 0 Å². The molecule has 0 aliphatic rings. The van der Waals surface area contributed by atoms with Gasteiger partial charge in [-0.15, -0.1) is 6.58 Å². The highest BCUT2D eigenvalue weighted by molar-refractivity contribution is 5.51. The van der Waals surface area contributed by atoms with E-state index in [1.165, 1.54) is 0 Å². The van der Waals surface area contributed by atoms with Crippen molar-refractivity contribution < 1.29 is 4.74 Å². The molecule has 3 heteroatoms. The minimum Gasteiger partial charge on any atom is -0.457 e. The van der Waals surface area contributed by atoms with Gasteiger partial charge in [0.15, 0.2) is 0 Å². The van der Waals surface area contributed by atoms with Crippen LogP contribution in [-0.2, 0) is 6.42 Å². The molecule has 0 spiro atoms. The summed E-state index contributed by atoms with van der Waals surface area (Å²) in [7, 11) is 0. The zero-order valence-electron chi connectivity index (χ0n) is 11.8. The Bertz CT molecular complexity index is 764. The highest BCUT2D eigenvalue weighted by Crippen LogP contribution is 2.30. The average molecular weight is 274 g/mol. The lowest BCUT2D eigenvalue weighted by Crippen LogP contribution is -1.95. The fourth-order valence-corrected chi connectivity index (χ4v) is 2.07. The van der Waals surface area contributed by atoms with Crippen LogP contribution < -0.4 is 4.74 Å². The second kappa shape index (κ2) is 6.41. The first-order valence-electron chi connectivity index (χ1n) is 6.51. The van der Waals surface area contributed by atoms with Crippen molar-refractivity contribution in [3.8, 4) is 23.6 Å². The number of ether oxygens (including phenoxy) is 1. The Morgan fingerprint density at radius 1 is 1.14 bits per heavy atom. The third-order valence-electron chi connectivity index (χ3n) is 3.11. The van der Waals surface area contributed by atoms with Gasteiger partial charge in [-0.2, -0.15) is 10.5 Å². The van der Waals surface area contributed by atoms with E-state index in [0.29, 0.717) is 23.3 Å². The third kappa shape index (κ3) is 3.11. The van der Waals surface area contributed by atoms with Crippen LogP contribution in [0.2, 0.25) is 0 Å². The summed E-state index contributed by atoms with van der Waals surface area (Å²) >= 11 is 0. The van der Waals surface area contributed by atoms with E-state index < -0.39 is 0 Å². The first-order chi connectivity index (χ1) is 10.2. The Hall–Kier alpha value is -3.04. The number of hydrogen-bond acceptors (Lipinski definition) is 3. The highest BCUT2D eigenvalue weighted by atomic mass is 16.5. The molecule has 0 aliphatic carbocycles. The molecule has 0 heterocycles. The van der Waals surface area contributed by atoms with Gasteiger partial charge in [0.25, 0.3) is 0 Å². The number of allylic oxidation sites excluding steroid dienone is 1. The van der Waals surface area contributed by atoms with Gasteiger partial charge in [0.1, 0.15) is 23.6 Å². The lowest BCUT2D eigenvalue weighted by atomic mass is 10.1. The number of nitriles is 2. The van der Waals surface area contributed by atoms with Crippen molar-refractivity contribution in [1.29, 1.82) is 10.5 Å². The molecule has 0 saturated carbocycles. The topological polar surface area (TPSA) is 56.8 Å². The molecule has 0 amide bonds. The second-order valence-corrected chi connectivity index (χ2v) is 4.59. The van der Waals surface area contributed by atoms with Crippen LogP contribution in [-0.4, -0.2) is 0 Å². The molecule has 0 unspecified atom stereocenters. The molecule has 102 valence electrons. The van der Waals surface area contributed by atoms with Gasteiger partial charge in [0, 0.05) is 0 Å². The minimum atomic E-state index is 0.314. The molecule has 2 aromatic rings. The molecule has 3 nitrogen and oxygen atoms in total. The molecule has 0 N–H and O–H groups in total. The number of benzene rings is 2. The van der Waals surface area contributed by atoms with E-state index in [1.807, 2.05) is 43.3 Å². The van der Waals surface area contributed by atoms with E-state index in [0.717, 1.165) is 16.9 Å². The monoisotopic (exact) mass is 274 g/mol. The van der Waals surface area contributed by atoms with Gasteiger partial charge in [0.2, 0.25) is 0 Å². The first kappa shape index (κ1) is 14.4. The summed E-state index contributed by atoms with van der Waals surface area (Å²) < 4.78 is 5.93. The van der Waals surface area contributed by atoms with Crippen LogP contribution in [0.5, 0.6) is 11.5 Å².